The molecule has 2 heterocycles. The van der Waals surface area contributed by atoms with Gasteiger partial charge >= 0.3 is 0 Å². The zero-order valence-electron chi connectivity index (χ0n) is 12.0. The van der Waals surface area contributed by atoms with Crippen LogP contribution in [0.1, 0.15) is 21.9 Å². The van der Waals surface area contributed by atoms with Gasteiger partial charge in [0.1, 0.15) is 0 Å². The first kappa shape index (κ1) is 14.2. The van der Waals surface area contributed by atoms with E-state index in [9.17, 15) is 4.79 Å². The van der Waals surface area contributed by atoms with Crippen LogP contribution in [0.3, 0.4) is 0 Å². The van der Waals surface area contributed by atoms with Crippen molar-refractivity contribution in [3.63, 3.8) is 0 Å². The molecule has 0 atom stereocenters. The van der Waals surface area contributed by atoms with E-state index in [4.69, 9.17) is 5.11 Å². The molecule has 3 aromatic rings. The van der Waals surface area contributed by atoms with Crippen molar-refractivity contribution in [1.82, 2.24) is 19.6 Å². The average molecular weight is 297 g/mol. The first-order valence-electron chi connectivity index (χ1n) is 6.87. The molecule has 2 aromatic heterocycles. The number of benzene rings is 1. The van der Waals surface area contributed by atoms with Crippen molar-refractivity contribution in [3.8, 4) is 0 Å². The third-order valence-electron chi connectivity index (χ3n) is 3.25. The summed E-state index contributed by atoms with van der Waals surface area (Å²) in [5.41, 5.74) is 2.51. The summed E-state index contributed by atoms with van der Waals surface area (Å²) < 4.78 is 1.53. The second-order valence-corrected chi connectivity index (χ2v) is 4.86. The number of rotatable bonds is 4. The number of aryl methyl sites for hydroxylation is 1. The Kier molecular flexibility index (Phi) is 3.80. The number of aliphatic hydroxyl groups excluding tert-OH is 1. The molecule has 112 valence electrons. The molecule has 0 radical (unpaired) electrons. The SMILES string of the molecule is Cc1ccnc2nc(C(=O)Nc3ccc(CCO)cc3)nn12. The van der Waals surface area contributed by atoms with Gasteiger partial charge in [-0.15, -0.1) is 5.10 Å². The van der Waals surface area contributed by atoms with Gasteiger partial charge in [0.25, 0.3) is 11.7 Å². The van der Waals surface area contributed by atoms with Crippen LogP contribution < -0.4 is 5.32 Å². The number of aliphatic hydroxyl groups is 1. The van der Waals surface area contributed by atoms with E-state index in [-0.39, 0.29) is 18.3 Å². The summed E-state index contributed by atoms with van der Waals surface area (Å²) in [5, 5.41) is 15.8. The maximum absolute atomic E-state index is 12.2. The van der Waals surface area contributed by atoms with E-state index in [0.717, 1.165) is 11.3 Å². The van der Waals surface area contributed by atoms with Gasteiger partial charge in [0.05, 0.1) is 0 Å². The largest absolute Gasteiger partial charge is 0.396 e. The quantitative estimate of drug-likeness (QED) is 0.755. The van der Waals surface area contributed by atoms with E-state index in [2.05, 4.69) is 20.4 Å². The van der Waals surface area contributed by atoms with Crippen LogP contribution in [0.15, 0.2) is 36.5 Å². The Bertz CT molecular complexity index is 810. The zero-order chi connectivity index (χ0) is 15.5. The van der Waals surface area contributed by atoms with Crippen LogP contribution >= 0.6 is 0 Å². The standard InChI is InChI=1S/C15H15N5O2/c1-10-6-8-16-15-18-13(19-20(10)15)14(22)17-12-4-2-11(3-5-12)7-9-21/h2-6,8,21H,7,9H2,1H3,(H,17,22). The number of hydrogen-bond donors (Lipinski definition) is 2. The Balaban J connectivity index is 1.79. The highest BCUT2D eigenvalue weighted by Gasteiger charge is 2.14. The fraction of sp³-hybridized carbons (Fsp3) is 0.200. The molecule has 7 nitrogen and oxygen atoms in total. The molecule has 0 aliphatic rings. The lowest BCUT2D eigenvalue weighted by molar-refractivity contribution is 0.101. The van der Waals surface area contributed by atoms with Crippen LogP contribution in [0.2, 0.25) is 0 Å². The smallest absolute Gasteiger partial charge is 0.295 e. The Labute approximate surface area is 126 Å². The normalized spacial score (nSPS) is 10.8. The van der Waals surface area contributed by atoms with Crippen molar-refractivity contribution in [2.45, 2.75) is 13.3 Å². The van der Waals surface area contributed by atoms with Gasteiger partial charge in [-0.05, 0) is 37.1 Å². The molecule has 7 heteroatoms. The van der Waals surface area contributed by atoms with E-state index >= 15 is 0 Å². The lowest BCUT2D eigenvalue weighted by Gasteiger charge is -2.03. The molecule has 0 saturated carbocycles. The molecule has 0 spiro atoms. The van der Waals surface area contributed by atoms with Gasteiger partial charge in [-0.25, -0.2) is 9.50 Å². The van der Waals surface area contributed by atoms with Crippen LogP contribution in [0.4, 0.5) is 5.69 Å². The van der Waals surface area contributed by atoms with Gasteiger partial charge in [-0.1, -0.05) is 12.1 Å². The zero-order valence-corrected chi connectivity index (χ0v) is 12.0. The van der Waals surface area contributed by atoms with Gasteiger partial charge in [0.2, 0.25) is 5.82 Å². The molecule has 2 N–H and O–H groups in total. The molecule has 0 saturated heterocycles. The van der Waals surface area contributed by atoms with Gasteiger partial charge in [0, 0.05) is 24.2 Å². The van der Waals surface area contributed by atoms with E-state index < -0.39 is 0 Å². The van der Waals surface area contributed by atoms with Crippen molar-refractivity contribution in [3.05, 3.63) is 53.6 Å². The Morgan fingerprint density at radius 2 is 2.05 bits per heavy atom. The van der Waals surface area contributed by atoms with E-state index in [1.54, 1.807) is 24.4 Å². The highest BCUT2D eigenvalue weighted by atomic mass is 16.3. The molecule has 1 aromatic carbocycles. The maximum Gasteiger partial charge on any atom is 0.295 e. The highest BCUT2D eigenvalue weighted by molar-refractivity contribution is 6.01. The first-order valence-corrected chi connectivity index (χ1v) is 6.87. The van der Waals surface area contributed by atoms with Crippen LogP contribution in [0.5, 0.6) is 0 Å². The summed E-state index contributed by atoms with van der Waals surface area (Å²) in [4.78, 5) is 20.4. The summed E-state index contributed by atoms with van der Waals surface area (Å²) in [5.74, 6) is 0.0736. The van der Waals surface area contributed by atoms with Gasteiger partial charge in [-0.2, -0.15) is 4.98 Å². The summed E-state index contributed by atoms with van der Waals surface area (Å²) in [6, 6.07) is 9.07. The van der Waals surface area contributed by atoms with Gasteiger partial charge < -0.3 is 10.4 Å². The van der Waals surface area contributed by atoms with Crippen LogP contribution in [-0.2, 0) is 6.42 Å². The predicted octanol–water partition coefficient (Wildman–Crippen LogP) is 1.22. The number of nitrogens with one attached hydrogen (secondary N) is 1. The molecule has 0 aliphatic heterocycles. The second kappa shape index (κ2) is 5.90. The lowest BCUT2D eigenvalue weighted by atomic mass is 10.1. The van der Waals surface area contributed by atoms with Crippen molar-refractivity contribution < 1.29 is 9.90 Å². The number of nitrogens with zero attached hydrogens (tertiary/aromatic N) is 4. The molecule has 0 bridgehead atoms. The summed E-state index contributed by atoms with van der Waals surface area (Å²) >= 11 is 0. The number of aromatic nitrogens is 4. The fourth-order valence-electron chi connectivity index (χ4n) is 2.07. The molecule has 0 unspecified atom stereocenters. The minimum Gasteiger partial charge on any atom is -0.396 e. The van der Waals surface area contributed by atoms with Gasteiger partial charge in [-0.3, -0.25) is 4.79 Å². The number of carbonyl (C=O) groups is 1. The minimum atomic E-state index is -0.389. The van der Waals surface area contributed by atoms with Crippen molar-refractivity contribution in [1.29, 1.82) is 0 Å². The topological polar surface area (TPSA) is 92.4 Å². The third kappa shape index (κ3) is 2.79. The number of amides is 1. The Morgan fingerprint density at radius 1 is 1.27 bits per heavy atom. The molecule has 0 fully saturated rings. The van der Waals surface area contributed by atoms with Gasteiger partial charge in [0.15, 0.2) is 0 Å². The van der Waals surface area contributed by atoms with Crippen LogP contribution in [0, 0.1) is 6.92 Å². The van der Waals surface area contributed by atoms with Crippen molar-refractivity contribution in [2.24, 2.45) is 0 Å². The Morgan fingerprint density at radius 3 is 2.73 bits per heavy atom. The molecular formula is C15H15N5O2. The van der Waals surface area contributed by atoms with E-state index in [1.807, 2.05) is 19.1 Å². The summed E-state index contributed by atoms with van der Waals surface area (Å²) in [7, 11) is 0. The molecular weight excluding hydrogens is 282 g/mol. The highest BCUT2D eigenvalue weighted by Crippen LogP contribution is 2.11. The first-order chi connectivity index (χ1) is 10.7. The van der Waals surface area contributed by atoms with Crippen molar-refractivity contribution >= 4 is 17.4 Å². The lowest BCUT2D eigenvalue weighted by Crippen LogP contribution is -2.14. The third-order valence-corrected chi connectivity index (χ3v) is 3.25. The number of fused-ring (bicyclic) bond motifs is 1. The maximum atomic E-state index is 12.2. The van der Waals surface area contributed by atoms with E-state index in [1.165, 1.54) is 4.52 Å². The number of hydrogen-bond acceptors (Lipinski definition) is 5. The summed E-state index contributed by atoms with van der Waals surface area (Å²) in [6.45, 7) is 1.97. The average Bonchev–Trinajstić information content (AvgIpc) is 2.95. The number of carbonyl (C=O) groups excluding carboxylic acids is 1. The molecule has 1 amide bonds. The van der Waals surface area contributed by atoms with Crippen LogP contribution in [0.25, 0.3) is 5.78 Å². The Hall–Kier alpha value is -2.80. The summed E-state index contributed by atoms with van der Waals surface area (Å²) in [6.07, 6.45) is 2.22. The predicted molar refractivity (Wildman–Crippen MR) is 80.7 cm³/mol. The van der Waals surface area contributed by atoms with E-state index in [0.29, 0.717) is 17.9 Å². The monoisotopic (exact) mass is 297 g/mol. The van der Waals surface area contributed by atoms with Crippen molar-refractivity contribution in [2.75, 3.05) is 11.9 Å². The molecule has 22 heavy (non-hydrogen) atoms. The minimum absolute atomic E-state index is 0.0706. The number of anilines is 1. The van der Waals surface area contributed by atoms with Crippen LogP contribution in [-0.4, -0.2) is 37.2 Å². The molecule has 0 aliphatic carbocycles. The molecule has 3 rings (SSSR count). The fourth-order valence-corrected chi connectivity index (χ4v) is 2.07. The second-order valence-electron chi connectivity index (χ2n) is 4.86.